The Morgan fingerprint density at radius 2 is 1.40 bits per heavy atom. The SMILES string of the molecule is CC(C)C[C@H](NC(=O)[C@H](Cc1cnc[nH]1)NC(=O)[C@@H](N)CC(C)C)C(=O)N1CCC[C@H]1C(=O)N[C@@H](Cc1ccc(O)cc1)C(=O)N1CCC[C@H]1C(=O)O. The van der Waals surface area contributed by atoms with Crippen molar-refractivity contribution in [1.82, 2.24) is 35.7 Å². The average molecular weight is 739 g/mol. The quantitative estimate of drug-likeness (QED) is 0.121. The molecule has 0 aliphatic carbocycles. The predicted molar refractivity (Wildman–Crippen MR) is 194 cm³/mol. The van der Waals surface area contributed by atoms with Gasteiger partial charge in [0.1, 0.15) is 36.0 Å². The number of rotatable bonds is 17. The number of nitrogens with one attached hydrogen (secondary N) is 4. The molecular formula is C37H54N8O8. The number of carbonyl (C=O) groups is 6. The molecule has 16 heteroatoms. The van der Waals surface area contributed by atoms with Crippen molar-refractivity contribution in [3.8, 4) is 5.75 Å². The van der Waals surface area contributed by atoms with E-state index in [0.717, 1.165) is 0 Å². The first-order valence-electron chi connectivity index (χ1n) is 18.4. The van der Waals surface area contributed by atoms with Crippen molar-refractivity contribution in [1.29, 1.82) is 0 Å². The molecule has 16 nitrogen and oxygen atoms in total. The molecule has 2 fully saturated rings. The first kappa shape index (κ1) is 40.8. The van der Waals surface area contributed by atoms with E-state index < -0.39 is 71.8 Å². The molecule has 4 rings (SSSR count). The van der Waals surface area contributed by atoms with E-state index >= 15 is 0 Å². The van der Waals surface area contributed by atoms with Crippen molar-refractivity contribution in [2.75, 3.05) is 13.1 Å². The van der Waals surface area contributed by atoms with Crippen LogP contribution in [-0.4, -0.2) is 115 Å². The topological polar surface area (TPSA) is 240 Å². The molecule has 0 spiro atoms. The van der Waals surface area contributed by atoms with Crippen molar-refractivity contribution in [3.63, 3.8) is 0 Å². The Labute approximate surface area is 309 Å². The summed E-state index contributed by atoms with van der Waals surface area (Å²) in [6, 6.07) is 0.104. The first-order chi connectivity index (χ1) is 25.1. The van der Waals surface area contributed by atoms with E-state index in [4.69, 9.17) is 5.73 Å². The van der Waals surface area contributed by atoms with Gasteiger partial charge in [0, 0.05) is 37.8 Å². The molecule has 2 aliphatic heterocycles. The number of carboxylic acid groups (broad SMARTS) is 1. The van der Waals surface area contributed by atoms with Crippen LogP contribution in [-0.2, 0) is 41.6 Å². The summed E-state index contributed by atoms with van der Waals surface area (Å²) in [5, 5.41) is 27.9. The van der Waals surface area contributed by atoms with Gasteiger partial charge in [-0.25, -0.2) is 9.78 Å². The molecule has 1 aromatic heterocycles. The van der Waals surface area contributed by atoms with Gasteiger partial charge in [-0.2, -0.15) is 0 Å². The van der Waals surface area contributed by atoms with Crippen molar-refractivity contribution in [3.05, 3.63) is 48.0 Å². The maximum atomic E-state index is 14.2. The molecule has 5 amide bonds. The van der Waals surface area contributed by atoms with Crippen LogP contribution in [0.5, 0.6) is 5.75 Å². The van der Waals surface area contributed by atoms with Crippen LogP contribution in [0.25, 0.3) is 0 Å². The lowest BCUT2D eigenvalue weighted by Crippen LogP contribution is -2.59. The van der Waals surface area contributed by atoms with Crippen LogP contribution in [0.1, 0.15) is 77.5 Å². The maximum Gasteiger partial charge on any atom is 0.326 e. The molecule has 0 unspecified atom stereocenters. The monoisotopic (exact) mass is 738 g/mol. The van der Waals surface area contributed by atoms with Gasteiger partial charge in [0.05, 0.1) is 12.4 Å². The largest absolute Gasteiger partial charge is 0.508 e. The van der Waals surface area contributed by atoms with Crippen LogP contribution < -0.4 is 21.7 Å². The molecular weight excluding hydrogens is 684 g/mol. The summed E-state index contributed by atoms with van der Waals surface area (Å²) in [6.45, 7) is 8.14. The Morgan fingerprint density at radius 3 is 1.98 bits per heavy atom. The van der Waals surface area contributed by atoms with Gasteiger partial charge in [-0.1, -0.05) is 39.8 Å². The average Bonchev–Trinajstić information content (AvgIpc) is 3.90. The van der Waals surface area contributed by atoms with Gasteiger partial charge in [-0.15, -0.1) is 0 Å². The Morgan fingerprint density at radius 1 is 0.811 bits per heavy atom. The molecule has 290 valence electrons. The Kier molecular flexibility index (Phi) is 14.4. The van der Waals surface area contributed by atoms with Crippen molar-refractivity contribution < 1.29 is 39.0 Å². The number of benzene rings is 1. The van der Waals surface area contributed by atoms with E-state index in [-0.39, 0.29) is 49.9 Å². The van der Waals surface area contributed by atoms with E-state index in [9.17, 15) is 39.0 Å². The smallest absolute Gasteiger partial charge is 0.326 e. The predicted octanol–water partition coefficient (Wildman–Crippen LogP) is 0.841. The fourth-order valence-corrected chi connectivity index (χ4v) is 7.01. The summed E-state index contributed by atoms with van der Waals surface area (Å²) in [6.07, 6.45) is 5.38. The minimum Gasteiger partial charge on any atom is -0.508 e. The minimum absolute atomic E-state index is 0.0269. The number of nitrogens with zero attached hydrogens (tertiary/aromatic N) is 3. The number of amides is 5. The van der Waals surface area contributed by atoms with E-state index in [1.807, 2.05) is 27.7 Å². The van der Waals surface area contributed by atoms with E-state index in [0.29, 0.717) is 43.4 Å². The number of aromatic nitrogens is 2. The third kappa shape index (κ3) is 11.2. The third-order valence-electron chi connectivity index (χ3n) is 9.65. The van der Waals surface area contributed by atoms with Crippen LogP contribution >= 0.6 is 0 Å². The molecule has 1 aromatic carbocycles. The number of hydrogen-bond donors (Lipinski definition) is 7. The standard InChI is InChI=1S/C37H54N8O8/c1-21(2)15-26(38)32(47)41-27(18-24-19-39-20-40-24)33(48)42-28(16-22(3)4)35(50)44-13-5-7-30(44)34(49)43-29(17-23-9-11-25(46)12-10-23)36(51)45-14-6-8-31(45)37(52)53/h9-12,19-22,26-31,46H,5-8,13-18,38H2,1-4H3,(H,39,40)(H,41,47)(H,42,48)(H,43,49)(H,52,53)/t26-,27-,28-,29-,30-,31-/m0/s1. The number of H-pyrrole nitrogens is 1. The Hall–Kier alpha value is -4.99. The van der Waals surface area contributed by atoms with Crippen LogP contribution in [0.4, 0.5) is 0 Å². The summed E-state index contributed by atoms with van der Waals surface area (Å²) >= 11 is 0. The molecule has 0 bridgehead atoms. The molecule has 8 N–H and O–H groups in total. The number of aromatic hydroxyl groups is 1. The zero-order valence-electron chi connectivity index (χ0n) is 30.9. The van der Waals surface area contributed by atoms with Gasteiger partial charge in [0.15, 0.2) is 0 Å². The molecule has 53 heavy (non-hydrogen) atoms. The van der Waals surface area contributed by atoms with E-state index in [1.165, 1.54) is 34.5 Å². The van der Waals surface area contributed by atoms with Crippen molar-refractivity contribution in [2.45, 2.75) is 115 Å². The number of aromatic amines is 1. The van der Waals surface area contributed by atoms with Gasteiger partial charge in [0.2, 0.25) is 29.5 Å². The molecule has 6 atom stereocenters. The number of carbonyl (C=O) groups excluding carboxylic acids is 5. The van der Waals surface area contributed by atoms with E-state index in [2.05, 4.69) is 25.9 Å². The number of aliphatic carboxylic acids is 1. The number of likely N-dealkylation sites (tertiary alicyclic amines) is 2. The van der Waals surface area contributed by atoms with Gasteiger partial charge < -0.3 is 46.7 Å². The second-order valence-corrected chi connectivity index (χ2v) is 14.9. The Balaban J connectivity index is 1.53. The van der Waals surface area contributed by atoms with Gasteiger partial charge in [-0.05, 0) is 68.1 Å². The summed E-state index contributed by atoms with van der Waals surface area (Å²) < 4.78 is 0. The summed E-state index contributed by atoms with van der Waals surface area (Å²) in [5.74, 6) is -3.66. The highest BCUT2D eigenvalue weighted by atomic mass is 16.4. The highest BCUT2D eigenvalue weighted by molar-refractivity contribution is 5.97. The van der Waals surface area contributed by atoms with Crippen LogP contribution in [0.3, 0.4) is 0 Å². The van der Waals surface area contributed by atoms with Crippen molar-refractivity contribution in [2.24, 2.45) is 17.6 Å². The fraction of sp³-hybridized carbons (Fsp3) is 0.595. The number of hydrogen-bond acceptors (Lipinski definition) is 9. The van der Waals surface area contributed by atoms with Crippen LogP contribution in [0, 0.1) is 11.8 Å². The Bertz CT molecular complexity index is 1580. The highest BCUT2D eigenvalue weighted by Gasteiger charge is 2.42. The zero-order chi connectivity index (χ0) is 38.8. The number of imidazole rings is 1. The summed E-state index contributed by atoms with van der Waals surface area (Å²) in [4.78, 5) is 90.5. The van der Waals surface area contributed by atoms with Gasteiger partial charge in [-0.3, -0.25) is 24.0 Å². The lowest BCUT2D eigenvalue weighted by Gasteiger charge is -2.32. The van der Waals surface area contributed by atoms with E-state index in [1.54, 1.807) is 12.1 Å². The number of nitrogens with two attached hydrogens (primary N) is 1. The lowest BCUT2D eigenvalue weighted by molar-refractivity contribution is -0.149. The van der Waals surface area contributed by atoms with Gasteiger partial charge >= 0.3 is 5.97 Å². The molecule has 2 saturated heterocycles. The van der Waals surface area contributed by atoms with Crippen molar-refractivity contribution >= 4 is 35.5 Å². The number of phenolic OH excluding ortho intramolecular Hbond substituents is 1. The number of phenols is 1. The molecule has 2 aromatic rings. The fourth-order valence-electron chi connectivity index (χ4n) is 7.01. The molecule has 0 saturated carbocycles. The summed E-state index contributed by atoms with van der Waals surface area (Å²) in [5.41, 5.74) is 7.34. The maximum absolute atomic E-state index is 14.2. The molecule has 0 radical (unpaired) electrons. The second-order valence-electron chi connectivity index (χ2n) is 14.9. The number of carboxylic acids is 1. The van der Waals surface area contributed by atoms with Crippen LogP contribution in [0.2, 0.25) is 0 Å². The highest BCUT2D eigenvalue weighted by Crippen LogP contribution is 2.23. The third-order valence-corrected chi connectivity index (χ3v) is 9.65. The zero-order valence-corrected chi connectivity index (χ0v) is 30.9. The van der Waals surface area contributed by atoms with Gasteiger partial charge in [0.25, 0.3) is 0 Å². The lowest BCUT2D eigenvalue weighted by atomic mass is 10.00. The molecule has 3 heterocycles. The molecule has 2 aliphatic rings. The van der Waals surface area contributed by atoms with Crippen LogP contribution in [0.15, 0.2) is 36.8 Å². The first-order valence-corrected chi connectivity index (χ1v) is 18.4. The normalized spacial score (nSPS) is 19.5. The summed E-state index contributed by atoms with van der Waals surface area (Å²) in [7, 11) is 0. The minimum atomic E-state index is -1.13. The second kappa shape index (κ2) is 18.7.